The molecule has 0 fully saturated rings. The fourth-order valence-corrected chi connectivity index (χ4v) is 3.96. The molecule has 0 saturated heterocycles. The topological polar surface area (TPSA) is 106 Å². The summed E-state index contributed by atoms with van der Waals surface area (Å²) in [5.41, 5.74) is -0.317. The Hall–Kier alpha value is -3.51. The largest absolute Gasteiger partial charge is 0.497 e. The lowest BCUT2D eigenvalue weighted by Crippen LogP contribution is -2.49. The van der Waals surface area contributed by atoms with Gasteiger partial charge in [-0.2, -0.15) is 5.26 Å². The molecule has 1 aromatic heterocycles. The number of methoxy groups -OCH3 is 2. The summed E-state index contributed by atoms with van der Waals surface area (Å²) in [5, 5.41) is 13.0. The van der Waals surface area contributed by atoms with Gasteiger partial charge in [-0.15, -0.1) is 0 Å². The lowest BCUT2D eigenvalue weighted by atomic mass is 9.90. The van der Waals surface area contributed by atoms with Crippen molar-refractivity contribution in [1.82, 2.24) is 14.9 Å². The second-order valence-electron chi connectivity index (χ2n) is 7.90. The molecule has 3 rings (SSSR count). The Morgan fingerprint density at radius 1 is 1.24 bits per heavy atom. The second-order valence-corrected chi connectivity index (χ2v) is 8.84. The molecule has 0 saturated carbocycles. The van der Waals surface area contributed by atoms with Crippen LogP contribution in [0.25, 0.3) is 16.6 Å². The summed E-state index contributed by atoms with van der Waals surface area (Å²) in [6, 6.07) is 14.3. The van der Waals surface area contributed by atoms with Crippen LogP contribution in [-0.2, 0) is 4.79 Å². The van der Waals surface area contributed by atoms with E-state index < -0.39 is 5.54 Å². The number of amides is 1. The third-order valence-electron chi connectivity index (χ3n) is 5.49. The molecule has 8 nitrogen and oxygen atoms in total. The number of benzene rings is 2. The zero-order valence-electron chi connectivity index (χ0n) is 19.2. The van der Waals surface area contributed by atoms with E-state index in [4.69, 9.17) is 9.47 Å². The number of rotatable bonds is 8. The van der Waals surface area contributed by atoms with Crippen LogP contribution in [0, 0.1) is 17.2 Å². The van der Waals surface area contributed by atoms with Crippen molar-refractivity contribution in [2.45, 2.75) is 31.5 Å². The molecule has 172 valence electrons. The lowest BCUT2D eigenvalue weighted by Gasteiger charge is -2.27. The SMILES string of the molecule is COc1ccc(OC)c(-n2c(SCC(=O)N[C@](C)(C#N)C(C)C)nc3ccccc3c2=O)c1. The number of ether oxygens (including phenoxy) is 2. The molecule has 3 aromatic rings. The Kier molecular flexibility index (Phi) is 7.29. The van der Waals surface area contributed by atoms with Gasteiger partial charge in [-0.25, -0.2) is 4.98 Å². The quantitative estimate of drug-likeness (QED) is 0.400. The molecule has 33 heavy (non-hydrogen) atoms. The van der Waals surface area contributed by atoms with E-state index in [0.717, 1.165) is 11.8 Å². The van der Waals surface area contributed by atoms with E-state index in [0.29, 0.717) is 33.2 Å². The van der Waals surface area contributed by atoms with Crippen LogP contribution < -0.4 is 20.3 Å². The predicted molar refractivity (Wildman–Crippen MR) is 128 cm³/mol. The highest BCUT2D eigenvalue weighted by Gasteiger charge is 2.30. The normalized spacial score (nSPS) is 12.8. The monoisotopic (exact) mass is 466 g/mol. The minimum absolute atomic E-state index is 0.0267. The number of aromatic nitrogens is 2. The smallest absolute Gasteiger partial charge is 0.266 e. The zero-order chi connectivity index (χ0) is 24.2. The number of thioether (sulfide) groups is 1. The van der Waals surface area contributed by atoms with Crippen LogP contribution in [0.15, 0.2) is 52.4 Å². The summed E-state index contributed by atoms with van der Waals surface area (Å²) in [4.78, 5) is 30.8. The zero-order valence-corrected chi connectivity index (χ0v) is 20.0. The summed E-state index contributed by atoms with van der Waals surface area (Å²) >= 11 is 1.11. The van der Waals surface area contributed by atoms with E-state index >= 15 is 0 Å². The first-order valence-electron chi connectivity index (χ1n) is 10.3. The van der Waals surface area contributed by atoms with Gasteiger partial charge in [-0.3, -0.25) is 14.2 Å². The van der Waals surface area contributed by atoms with Crippen LogP contribution in [-0.4, -0.2) is 41.0 Å². The number of nitrogens with zero attached hydrogens (tertiary/aromatic N) is 3. The lowest BCUT2D eigenvalue weighted by molar-refractivity contribution is -0.120. The fraction of sp³-hybridized carbons (Fsp3) is 0.333. The van der Waals surface area contributed by atoms with Gasteiger partial charge in [0.1, 0.15) is 17.0 Å². The standard InChI is InChI=1S/C24H26N4O4S/c1-15(2)24(3,14-25)27-21(29)13-33-23-26-18-9-7-6-8-17(18)22(30)28(23)19-12-16(31-4)10-11-20(19)32-5/h6-12,15H,13H2,1-5H3,(H,27,29)/t24-/m1/s1. The summed E-state index contributed by atoms with van der Waals surface area (Å²) in [5.74, 6) is 0.569. The molecule has 0 spiro atoms. The number of hydrogen-bond acceptors (Lipinski definition) is 7. The minimum Gasteiger partial charge on any atom is -0.497 e. The average Bonchev–Trinajstić information content (AvgIpc) is 2.82. The van der Waals surface area contributed by atoms with Gasteiger partial charge in [0.15, 0.2) is 5.16 Å². The average molecular weight is 467 g/mol. The number of carbonyl (C=O) groups excluding carboxylic acids is 1. The fourth-order valence-electron chi connectivity index (χ4n) is 3.15. The predicted octanol–water partition coefficient (Wildman–Crippen LogP) is 3.55. The van der Waals surface area contributed by atoms with Crippen LogP contribution in [0.5, 0.6) is 11.5 Å². The van der Waals surface area contributed by atoms with Gasteiger partial charge in [0, 0.05) is 6.07 Å². The van der Waals surface area contributed by atoms with Crippen LogP contribution >= 0.6 is 11.8 Å². The first kappa shape index (κ1) is 24.1. The highest BCUT2D eigenvalue weighted by atomic mass is 32.2. The highest BCUT2D eigenvalue weighted by Crippen LogP contribution is 2.30. The van der Waals surface area contributed by atoms with E-state index in [1.807, 2.05) is 13.8 Å². The molecule has 2 aromatic carbocycles. The molecule has 0 aliphatic heterocycles. The first-order valence-corrected chi connectivity index (χ1v) is 11.3. The molecule has 0 aliphatic carbocycles. The molecular weight excluding hydrogens is 440 g/mol. The van der Waals surface area contributed by atoms with Crippen LogP contribution in [0.4, 0.5) is 0 Å². The third-order valence-corrected chi connectivity index (χ3v) is 6.43. The number of fused-ring (bicyclic) bond motifs is 1. The van der Waals surface area contributed by atoms with E-state index in [2.05, 4.69) is 16.4 Å². The summed E-state index contributed by atoms with van der Waals surface area (Å²) < 4.78 is 12.2. The Morgan fingerprint density at radius 3 is 2.61 bits per heavy atom. The van der Waals surface area contributed by atoms with Gasteiger partial charge in [0.25, 0.3) is 5.56 Å². The summed E-state index contributed by atoms with van der Waals surface area (Å²) in [6.07, 6.45) is 0. The number of hydrogen-bond donors (Lipinski definition) is 1. The van der Waals surface area contributed by atoms with Crippen molar-refractivity contribution in [3.05, 3.63) is 52.8 Å². The van der Waals surface area contributed by atoms with Crippen LogP contribution in [0.1, 0.15) is 20.8 Å². The molecule has 0 bridgehead atoms. The van der Waals surface area contributed by atoms with E-state index in [9.17, 15) is 14.9 Å². The van der Waals surface area contributed by atoms with E-state index in [1.54, 1.807) is 49.4 Å². The van der Waals surface area contributed by atoms with Crippen LogP contribution in [0.2, 0.25) is 0 Å². The molecule has 0 unspecified atom stereocenters. The maximum absolute atomic E-state index is 13.5. The van der Waals surface area contributed by atoms with E-state index in [-0.39, 0.29) is 23.1 Å². The van der Waals surface area contributed by atoms with Gasteiger partial charge >= 0.3 is 0 Å². The van der Waals surface area contributed by atoms with Gasteiger partial charge in [0.05, 0.1) is 42.6 Å². The summed E-state index contributed by atoms with van der Waals surface area (Å²) in [7, 11) is 3.05. The van der Waals surface area contributed by atoms with Gasteiger partial charge in [-0.1, -0.05) is 37.7 Å². The summed E-state index contributed by atoms with van der Waals surface area (Å²) in [6.45, 7) is 5.42. The van der Waals surface area contributed by atoms with Crippen molar-refractivity contribution in [3.8, 4) is 23.3 Å². The number of nitrogens with one attached hydrogen (secondary N) is 1. The maximum Gasteiger partial charge on any atom is 0.266 e. The highest BCUT2D eigenvalue weighted by molar-refractivity contribution is 7.99. The third kappa shape index (κ3) is 4.96. The van der Waals surface area contributed by atoms with Gasteiger partial charge in [-0.05, 0) is 37.1 Å². The van der Waals surface area contributed by atoms with Crippen LogP contribution in [0.3, 0.4) is 0 Å². The first-order chi connectivity index (χ1) is 15.7. The van der Waals surface area contributed by atoms with Gasteiger partial charge < -0.3 is 14.8 Å². The number of carbonyl (C=O) groups is 1. The molecule has 9 heteroatoms. The Bertz CT molecular complexity index is 1280. The second kappa shape index (κ2) is 9.96. The molecule has 1 amide bonds. The Morgan fingerprint density at radius 2 is 1.97 bits per heavy atom. The maximum atomic E-state index is 13.5. The molecule has 0 aliphatic rings. The van der Waals surface area contributed by atoms with Crippen molar-refractivity contribution in [3.63, 3.8) is 0 Å². The van der Waals surface area contributed by atoms with Crippen molar-refractivity contribution >= 4 is 28.6 Å². The van der Waals surface area contributed by atoms with Gasteiger partial charge in [0.2, 0.25) is 5.91 Å². The molecule has 1 heterocycles. The number of para-hydroxylation sites is 1. The minimum atomic E-state index is -0.996. The van der Waals surface area contributed by atoms with Crippen molar-refractivity contribution in [2.75, 3.05) is 20.0 Å². The molecule has 1 atom stereocenters. The number of nitriles is 1. The van der Waals surface area contributed by atoms with Crippen molar-refractivity contribution in [1.29, 1.82) is 5.26 Å². The molecule has 1 N–H and O–H groups in total. The molecular formula is C24H26N4O4S. The Labute approximate surface area is 196 Å². The van der Waals surface area contributed by atoms with Crippen molar-refractivity contribution < 1.29 is 14.3 Å². The molecule has 0 radical (unpaired) electrons. The Balaban J connectivity index is 2.08. The van der Waals surface area contributed by atoms with E-state index in [1.165, 1.54) is 18.8 Å². The van der Waals surface area contributed by atoms with Crippen molar-refractivity contribution in [2.24, 2.45) is 5.92 Å².